The van der Waals surface area contributed by atoms with Gasteiger partial charge < -0.3 is 9.73 Å². The van der Waals surface area contributed by atoms with Crippen molar-refractivity contribution in [2.45, 2.75) is 26.7 Å². The van der Waals surface area contributed by atoms with E-state index in [0.29, 0.717) is 28.2 Å². The van der Waals surface area contributed by atoms with Crippen LogP contribution in [-0.2, 0) is 0 Å². The molecule has 1 N–H and O–H groups in total. The van der Waals surface area contributed by atoms with Crippen molar-refractivity contribution in [2.24, 2.45) is 0 Å². The molecule has 0 fully saturated rings. The van der Waals surface area contributed by atoms with Crippen LogP contribution in [0.4, 0.5) is 5.69 Å². The lowest BCUT2D eigenvalue weighted by atomic mass is 10.0. The highest BCUT2D eigenvalue weighted by Gasteiger charge is 2.10. The van der Waals surface area contributed by atoms with E-state index in [2.05, 4.69) is 19.2 Å². The summed E-state index contributed by atoms with van der Waals surface area (Å²) >= 11 is 0. The van der Waals surface area contributed by atoms with Gasteiger partial charge in [-0.1, -0.05) is 49.7 Å². The number of hydrogen-bond acceptors (Lipinski definition) is 3. The van der Waals surface area contributed by atoms with Crippen LogP contribution in [0.1, 0.15) is 41.3 Å². The number of anilines is 1. The molecular weight excluding hydrogens is 374 g/mol. The maximum Gasteiger partial charge on any atom is 0.255 e. The lowest BCUT2D eigenvalue weighted by Crippen LogP contribution is -2.11. The molecule has 30 heavy (non-hydrogen) atoms. The second kappa shape index (κ2) is 7.99. The monoisotopic (exact) mass is 397 g/mol. The highest BCUT2D eigenvalue weighted by atomic mass is 16.3. The van der Waals surface area contributed by atoms with Gasteiger partial charge in [-0.25, -0.2) is 0 Å². The first kappa shape index (κ1) is 19.6. The Morgan fingerprint density at radius 3 is 2.27 bits per heavy atom. The number of hydrogen-bond donors (Lipinski definition) is 1. The van der Waals surface area contributed by atoms with Crippen LogP contribution in [0.5, 0.6) is 0 Å². The number of carbonyl (C=O) groups is 1. The summed E-state index contributed by atoms with van der Waals surface area (Å²) in [6, 6.07) is 21.9. The van der Waals surface area contributed by atoms with Crippen molar-refractivity contribution >= 4 is 22.6 Å². The van der Waals surface area contributed by atoms with Crippen LogP contribution < -0.4 is 10.7 Å². The quantitative estimate of drug-likeness (QED) is 0.450. The molecule has 4 heteroatoms. The van der Waals surface area contributed by atoms with Crippen molar-refractivity contribution in [3.05, 3.63) is 99.7 Å². The van der Waals surface area contributed by atoms with Crippen molar-refractivity contribution in [1.29, 1.82) is 0 Å². The minimum atomic E-state index is -0.186. The number of nitrogens with one attached hydrogen (secondary N) is 1. The molecule has 0 spiro atoms. The third kappa shape index (κ3) is 4.03. The van der Waals surface area contributed by atoms with Gasteiger partial charge in [-0.2, -0.15) is 0 Å². The van der Waals surface area contributed by atoms with E-state index in [1.165, 1.54) is 11.6 Å². The molecular formula is C26H23NO3. The van der Waals surface area contributed by atoms with Crippen LogP contribution in [0.3, 0.4) is 0 Å². The third-order valence-corrected chi connectivity index (χ3v) is 5.15. The maximum absolute atomic E-state index is 12.6. The smallest absolute Gasteiger partial charge is 0.255 e. The summed E-state index contributed by atoms with van der Waals surface area (Å²) in [5, 5.41) is 3.48. The van der Waals surface area contributed by atoms with E-state index in [0.717, 1.165) is 16.8 Å². The molecule has 3 aromatic carbocycles. The van der Waals surface area contributed by atoms with Gasteiger partial charge >= 0.3 is 0 Å². The SMILES string of the molecule is Cc1ccc2oc(-c3ccc(C(=O)Nc4ccc(C(C)C)cc4)cc3)cc(=O)c2c1. The highest BCUT2D eigenvalue weighted by Crippen LogP contribution is 2.24. The Bertz CT molecular complexity index is 1270. The molecule has 1 heterocycles. The van der Waals surface area contributed by atoms with Gasteiger partial charge in [0.1, 0.15) is 11.3 Å². The van der Waals surface area contributed by atoms with E-state index in [1.807, 2.05) is 49.4 Å². The first-order chi connectivity index (χ1) is 14.4. The predicted molar refractivity (Wildman–Crippen MR) is 121 cm³/mol. The van der Waals surface area contributed by atoms with Crippen LogP contribution >= 0.6 is 0 Å². The Balaban J connectivity index is 1.55. The molecule has 0 atom stereocenters. The van der Waals surface area contributed by atoms with Gasteiger partial charge in [0.15, 0.2) is 5.43 Å². The summed E-state index contributed by atoms with van der Waals surface area (Å²) in [5.41, 5.74) is 4.74. The fourth-order valence-corrected chi connectivity index (χ4v) is 3.35. The topological polar surface area (TPSA) is 59.3 Å². The third-order valence-electron chi connectivity index (χ3n) is 5.15. The Morgan fingerprint density at radius 1 is 0.900 bits per heavy atom. The zero-order chi connectivity index (χ0) is 21.3. The second-order valence-corrected chi connectivity index (χ2v) is 7.78. The van der Waals surface area contributed by atoms with Gasteiger partial charge in [0, 0.05) is 22.9 Å². The zero-order valence-electron chi connectivity index (χ0n) is 17.2. The molecule has 4 aromatic rings. The highest BCUT2D eigenvalue weighted by molar-refractivity contribution is 6.04. The second-order valence-electron chi connectivity index (χ2n) is 7.78. The van der Waals surface area contributed by atoms with Crippen LogP contribution in [0.15, 0.2) is 82.0 Å². The van der Waals surface area contributed by atoms with E-state index in [4.69, 9.17) is 4.42 Å². The van der Waals surface area contributed by atoms with Crippen molar-refractivity contribution in [2.75, 3.05) is 5.32 Å². The van der Waals surface area contributed by atoms with Crippen molar-refractivity contribution in [3.8, 4) is 11.3 Å². The van der Waals surface area contributed by atoms with Crippen molar-refractivity contribution < 1.29 is 9.21 Å². The Hall–Kier alpha value is -3.66. The van der Waals surface area contributed by atoms with E-state index < -0.39 is 0 Å². The number of rotatable bonds is 4. The maximum atomic E-state index is 12.6. The number of aryl methyl sites for hydroxylation is 1. The molecule has 0 bridgehead atoms. The number of amides is 1. The Kier molecular flexibility index (Phi) is 5.23. The van der Waals surface area contributed by atoms with E-state index in [-0.39, 0.29) is 11.3 Å². The molecule has 0 aliphatic heterocycles. The summed E-state index contributed by atoms with van der Waals surface area (Å²) in [5.74, 6) is 0.739. The predicted octanol–water partition coefficient (Wildman–Crippen LogP) is 6.14. The summed E-state index contributed by atoms with van der Waals surface area (Å²) in [6.45, 7) is 6.21. The van der Waals surface area contributed by atoms with E-state index in [9.17, 15) is 9.59 Å². The lowest BCUT2D eigenvalue weighted by molar-refractivity contribution is 0.102. The summed E-state index contributed by atoms with van der Waals surface area (Å²) in [4.78, 5) is 25.0. The summed E-state index contributed by atoms with van der Waals surface area (Å²) in [7, 11) is 0. The van der Waals surface area contributed by atoms with Gasteiger partial charge in [-0.3, -0.25) is 9.59 Å². The summed E-state index contributed by atoms with van der Waals surface area (Å²) < 4.78 is 5.91. The van der Waals surface area contributed by atoms with Crippen LogP contribution in [0.2, 0.25) is 0 Å². The van der Waals surface area contributed by atoms with Crippen LogP contribution in [-0.4, -0.2) is 5.91 Å². The fourth-order valence-electron chi connectivity index (χ4n) is 3.35. The van der Waals surface area contributed by atoms with Crippen molar-refractivity contribution in [3.63, 3.8) is 0 Å². The van der Waals surface area contributed by atoms with Crippen molar-refractivity contribution in [1.82, 2.24) is 0 Å². The number of fused-ring (bicyclic) bond motifs is 1. The largest absolute Gasteiger partial charge is 0.456 e. The van der Waals surface area contributed by atoms with Gasteiger partial charge in [0.2, 0.25) is 0 Å². The van der Waals surface area contributed by atoms with Gasteiger partial charge in [-0.15, -0.1) is 0 Å². The van der Waals surface area contributed by atoms with Crippen LogP contribution in [0.25, 0.3) is 22.3 Å². The standard InChI is InChI=1S/C26H23NO3/c1-16(2)18-9-11-21(12-10-18)27-26(29)20-7-5-19(6-8-20)25-15-23(28)22-14-17(3)4-13-24(22)30-25/h4-16H,1-3H3,(H,27,29). The molecule has 0 saturated heterocycles. The molecule has 1 amide bonds. The normalized spacial score (nSPS) is 11.1. The average molecular weight is 397 g/mol. The van der Waals surface area contributed by atoms with Crippen LogP contribution in [0, 0.1) is 6.92 Å². The molecule has 0 unspecified atom stereocenters. The van der Waals surface area contributed by atoms with Gasteiger partial charge in [-0.05, 0) is 54.8 Å². The summed E-state index contributed by atoms with van der Waals surface area (Å²) in [6.07, 6.45) is 0. The zero-order valence-corrected chi connectivity index (χ0v) is 17.2. The molecule has 0 saturated carbocycles. The molecule has 150 valence electrons. The van der Waals surface area contributed by atoms with Gasteiger partial charge in [0.25, 0.3) is 5.91 Å². The first-order valence-corrected chi connectivity index (χ1v) is 9.97. The Morgan fingerprint density at radius 2 is 1.60 bits per heavy atom. The fraction of sp³-hybridized carbons (Fsp3) is 0.154. The molecule has 4 rings (SSSR count). The molecule has 0 aliphatic rings. The molecule has 4 nitrogen and oxygen atoms in total. The Labute approximate surface area is 175 Å². The molecule has 0 radical (unpaired) electrons. The van der Waals surface area contributed by atoms with Gasteiger partial charge in [0.05, 0.1) is 5.39 Å². The lowest BCUT2D eigenvalue weighted by Gasteiger charge is -2.09. The molecule has 0 aliphatic carbocycles. The van der Waals surface area contributed by atoms with E-state index in [1.54, 1.807) is 24.3 Å². The van der Waals surface area contributed by atoms with E-state index >= 15 is 0 Å². The first-order valence-electron chi connectivity index (χ1n) is 9.97. The average Bonchev–Trinajstić information content (AvgIpc) is 2.74. The minimum absolute atomic E-state index is 0.0818. The molecule has 1 aromatic heterocycles. The number of benzene rings is 3. The number of carbonyl (C=O) groups excluding carboxylic acids is 1. The minimum Gasteiger partial charge on any atom is -0.456 e.